The number of rotatable bonds is 61. The van der Waals surface area contributed by atoms with Gasteiger partial charge in [0.05, 0.1) is 0 Å². The van der Waals surface area contributed by atoms with Crippen molar-refractivity contribution < 1.29 is 28.6 Å². The Morgan fingerprint density at radius 1 is 0.267 bits per heavy atom. The van der Waals surface area contributed by atoms with Gasteiger partial charge >= 0.3 is 17.9 Å². The van der Waals surface area contributed by atoms with Gasteiger partial charge in [-0.1, -0.05) is 288 Å². The molecule has 1 unspecified atom stereocenters. The van der Waals surface area contributed by atoms with Gasteiger partial charge in [0.1, 0.15) is 13.2 Å². The van der Waals surface area contributed by atoms with Crippen molar-refractivity contribution >= 4 is 17.9 Å². The van der Waals surface area contributed by atoms with Gasteiger partial charge in [0, 0.05) is 19.3 Å². The summed E-state index contributed by atoms with van der Waals surface area (Å²) in [4.78, 5) is 38.2. The first-order valence-corrected chi connectivity index (χ1v) is 33.1. The van der Waals surface area contributed by atoms with Crippen molar-refractivity contribution in [3.63, 3.8) is 0 Å². The van der Waals surface area contributed by atoms with E-state index in [4.69, 9.17) is 14.2 Å². The molecular weight excluding hydrogens is 925 g/mol. The highest BCUT2D eigenvalue weighted by Crippen LogP contribution is 2.17. The van der Waals surface area contributed by atoms with Crippen LogP contribution in [-0.4, -0.2) is 37.2 Å². The molecule has 6 nitrogen and oxygen atoms in total. The van der Waals surface area contributed by atoms with E-state index in [2.05, 4.69) is 69.4 Å². The molecule has 438 valence electrons. The maximum atomic E-state index is 12.9. The van der Waals surface area contributed by atoms with Crippen molar-refractivity contribution in [2.75, 3.05) is 13.2 Å². The van der Waals surface area contributed by atoms with Gasteiger partial charge in [0.15, 0.2) is 6.10 Å². The van der Waals surface area contributed by atoms with Gasteiger partial charge in [-0.2, -0.15) is 0 Å². The van der Waals surface area contributed by atoms with E-state index in [1.807, 2.05) is 0 Å². The van der Waals surface area contributed by atoms with E-state index in [1.165, 1.54) is 231 Å². The molecule has 6 heteroatoms. The van der Waals surface area contributed by atoms with Gasteiger partial charge in [-0.3, -0.25) is 14.4 Å². The second kappa shape index (κ2) is 63.9. The molecule has 75 heavy (non-hydrogen) atoms. The first-order chi connectivity index (χ1) is 37.0. The molecule has 0 aliphatic rings. The molecule has 0 aromatic rings. The summed E-state index contributed by atoms with van der Waals surface area (Å²) in [7, 11) is 0. The normalized spacial score (nSPS) is 12.3. The third-order valence-corrected chi connectivity index (χ3v) is 14.8. The van der Waals surface area contributed by atoms with Crippen LogP contribution in [0, 0.1) is 0 Å². The van der Waals surface area contributed by atoms with E-state index in [1.54, 1.807) is 0 Å². The molecule has 0 rings (SSSR count). The summed E-state index contributed by atoms with van der Waals surface area (Å²) in [5.74, 6) is -0.877. The quantitative estimate of drug-likeness (QED) is 0.0261. The zero-order chi connectivity index (χ0) is 54.3. The molecule has 0 aromatic carbocycles. The van der Waals surface area contributed by atoms with Crippen LogP contribution in [0.1, 0.15) is 355 Å². The van der Waals surface area contributed by atoms with E-state index in [9.17, 15) is 14.4 Å². The zero-order valence-corrected chi connectivity index (χ0v) is 50.3. The number of allylic oxidation sites excluding steroid dienone is 8. The van der Waals surface area contributed by atoms with E-state index in [-0.39, 0.29) is 31.1 Å². The summed E-state index contributed by atoms with van der Waals surface area (Å²) >= 11 is 0. The summed E-state index contributed by atoms with van der Waals surface area (Å²) in [5.41, 5.74) is 0. The largest absolute Gasteiger partial charge is 0.462 e. The lowest BCUT2D eigenvalue weighted by atomic mass is 10.0. The number of unbranched alkanes of at least 4 members (excludes halogenated alkanes) is 42. The van der Waals surface area contributed by atoms with Crippen LogP contribution in [-0.2, 0) is 28.6 Å². The Morgan fingerprint density at radius 2 is 0.507 bits per heavy atom. The summed E-state index contributed by atoms with van der Waals surface area (Å²) in [6, 6.07) is 0. The summed E-state index contributed by atoms with van der Waals surface area (Å²) in [5, 5.41) is 0. The van der Waals surface area contributed by atoms with Crippen molar-refractivity contribution in [2.24, 2.45) is 0 Å². The molecule has 0 saturated carbocycles. The Hall–Kier alpha value is -2.63. The number of hydrogen-bond acceptors (Lipinski definition) is 6. The van der Waals surface area contributed by atoms with Gasteiger partial charge in [-0.05, 0) is 96.3 Å². The fourth-order valence-electron chi connectivity index (χ4n) is 9.77. The van der Waals surface area contributed by atoms with Crippen LogP contribution in [0.2, 0.25) is 0 Å². The first-order valence-electron chi connectivity index (χ1n) is 33.1. The number of carbonyl (C=O) groups excluding carboxylic acids is 3. The fraction of sp³-hybridized carbons (Fsp3) is 0.841. The average Bonchev–Trinajstić information content (AvgIpc) is 3.41. The highest BCUT2D eigenvalue weighted by molar-refractivity contribution is 5.71. The van der Waals surface area contributed by atoms with Gasteiger partial charge in [-0.25, -0.2) is 0 Å². The minimum absolute atomic E-state index is 0.0761. The van der Waals surface area contributed by atoms with Crippen molar-refractivity contribution in [1.82, 2.24) is 0 Å². The smallest absolute Gasteiger partial charge is 0.306 e. The molecule has 0 radical (unpaired) electrons. The molecule has 0 saturated heterocycles. The SMILES string of the molecule is CCC/C=C\CCCCCCCC(=O)OCC(COC(=O)CCCCCCCCCCCCCCCCCCC/C=C\CCCCCCCCCC)OC(=O)CCCCCCCCC/C=C\C/C=C\CCCCCC. The Balaban J connectivity index is 4.13. The number of esters is 3. The fourth-order valence-corrected chi connectivity index (χ4v) is 9.77. The lowest BCUT2D eigenvalue weighted by Crippen LogP contribution is -2.30. The van der Waals surface area contributed by atoms with Gasteiger partial charge in [-0.15, -0.1) is 0 Å². The number of hydrogen-bond donors (Lipinski definition) is 0. The maximum absolute atomic E-state index is 12.9. The van der Waals surface area contributed by atoms with Crippen molar-refractivity contribution in [3.8, 4) is 0 Å². The Labute approximate surface area is 467 Å². The third-order valence-electron chi connectivity index (χ3n) is 14.8. The highest BCUT2D eigenvalue weighted by Gasteiger charge is 2.19. The minimum atomic E-state index is -0.779. The maximum Gasteiger partial charge on any atom is 0.306 e. The molecular formula is C69H126O6. The molecule has 0 amide bonds. The predicted octanol–water partition coefficient (Wildman–Crippen LogP) is 22.6. The Morgan fingerprint density at radius 3 is 0.813 bits per heavy atom. The molecule has 0 aliphatic carbocycles. The predicted molar refractivity (Wildman–Crippen MR) is 325 cm³/mol. The van der Waals surface area contributed by atoms with E-state index in [0.717, 1.165) is 83.5 Å². The number of ether oxygens (including phenoxy) is 3. The Bertz CT molecular complexity index is 1300. The first kappa shape index (κ1) is 72.4. The second-order valence-corrected chi connectivity index (χ2v) is 22.4. The molecule has 0 heterocycles. The van der Waals surface area contributed by atoms with Crippen LogP contribution in [0.3, 0.4) is 0 Å². The number of carbonyl (C=O) groups is 3. The molecule has 1 atom stereocenters. The van der Waals surface area contributed by atoms with Crippen LogP contribution in [0.4, 0.5) is 0 Å². The molecule has 0 N–H and O–H groups in total. The molecule has 0 bridgehead atoms. The van der Waals surface area contributed by atoms with Crippen LogP contribution >= 0.6 is 0 Å². The van der Waals surface area contributed by atoms with Crippen LogP contribution < -0.4 is 0 Å². The van der Waals surface area contributed by atoms with Crippen molar-refractivity contribution in [2.45, 2.75) is 361 Å². The van der Waals surface area contributed by atoms with Crippen molar-refractivity contribution in [3.05, 3.63) is 48.6 Å². The average molecular weight is 1050 g/mol. The lowest BCUT2D eigenvalue weighted by Gasteiger charge is -2.18. The second-order valence-electron chi connectivity index (χ2n) is 22.4. The van der Waals surface area contributed by atoms with E-state index < -0.39 is 6.10 Å². The highest BCUT2D eigenvalue weighted by atomic mass is 16.6. The molecule has 0 aromatic heterocycles. The van der Waals surface area contributed by atoms with E-state index >= 15 is 0 Å². The van der Waals surface area contributed by atoms with Gasteiger partial charge in [0.25, 0.3) is 0 Å². The molecule has 0 fully saturated rings. The third kappa shape index (κ3) is 62.1. The monoisotopic (exact) mass is 1050 g/mol. The van der Waals surface area contributed by atoms with E-state index in [0.29, 0.717) is 19.3 Å². The summed E-state index contributed by atoms with van der Waals surface area (Å²) in [6.45, 7) is 6.59. The molecule has 0 spiro atoms. The minimum Gasteiger partial charge on any atom is -0.462 e. The van der Waals surface area contributed by atoms with Gasteiger partial charge < -0.3 is 14.2 Å². The van der Waals surface area contributed by atoms with Crippen molar-refractivity contribution in [1.29, 1.82) is 0 Å². The van der Waals surface area contributed by atoms with Crippen LogP contribution in [0.5, 0.6) is 0 Å². The topological polar surface area (TPSA) is 78.9 Å². The Kier molecular flexibility index (Phi) is 61.7. The standard InChI is InChI=1S/C69H126O6/c1-4-7-10-13-16-19-22-24-26-28-30-31-32-33-34-35-36-37-38-39-40-42-43-45-47-50-53-56-59-62-68(71)74-65-66(64-73-67(70)61-58-55-52-49-21-18-15-12-9-6-3)75-69(72)63-60-57-54-51-48-46-44-41-29-27-25-23-20-17-14-11-8-5-2/h12,15,20,23,27-30,66H,4-11,13-14,16-19,21-22,24-26,31-65H2,1-3H3/b15-12-,23-20-,29-27-,30-28-. The van der Waals surface area contributed by atoms with Gasteiger partial charge in [0.2, 0.25) is 0 Å². The summed E-state index contributed by atoms with van der Waals surface area (Å²) < 4.78 is 16.9. The lowest BCUT2D eigenvalue weighted by molar-refractivity contribution is -0.167. The zero-order valence-electron chi connectivity index (χ0n) is 50.3. The molecule has 0 aliphatic heterocycles. The van der Waals surface area contributed by atoms with Crippen LogP contribution in [0.25, 0.3) is 0 Å². The van der Waals surface area contributed by atoms with Crippen LogP contribution in [0.15, 0.2) is 48.6 Å². The summed E-state index contributed by atoms with van der Waals surface area (Å²) in [6.07, 6.45) is 80.0.